The van der Waals surface area contributed by atoms with E-state index in [-0.39, 0.29) is 10.5 Å². The van der Waals surface area contributed by atoms with Gasteiger partial charge in [0.25, 0.3) is 0 Å². The maximum Gasteiger partial charge on any atom is 0.335 e. The Labute approximate surface area is 99.8 Å². The number of aromatic carboxylic acids is 1. The molecule has 0 aliphatic carbocycles. The number of sulfonamides is 1. The average Bonchev–Trinajstić information content (AvgIpc) is 2.28. The van der Waals surface area contributed by atoms with Crippen LogP contribution < -0.4 is 4.72 Å². The summed E-state index contributed by atoms with van der Waals surface area (Å²) in [6, 6.07) is 4.74. The molecule has 0 saturated carbocycles. The number of hydrogen-bond donors (Lipinski definition) is 2. The van der Waals surface area contributed by atoms with E-state index in [4.69, 9.17) is 5.11 Å². The second kappa shape index (κ2) is 5.11. The predicted molar refractivity (Wildman–Crippen MR) is 63.4 cm³/mol. The van der Waals surface area contributed by atoms with Crippen molar-refractivity contribution in [1.82, 2.24) is 4.72 Å². The van der Waals surface area contributed by atoms with Crippen LogP contribution in [-0.4, -0.2) is 25.5 Å². The monoisotopic (exact) mass is 255 g/mol. The summed E-state index contributed by atoms with van der Waals surface area (Å²) in [5, 5.41) is 8.77. The lowest BCUT2D eigenvalue weighted by Gasteiger charge is -2.10. The number of hydrogen-bond acceptors (Lipinski definition) is 3. The largest absolute Gasteiger partial charge is 0.478 e. The molecule has 1 aromatic rings. The third kappa shape index (κ3) is 3.40. The second-order valence-electron chi connectivity index (χ2n) is 3.48. The van der Waals surface area contributed by atoms with Gasteiger partial charge in [0.1, 0.15) is 0 Å². The van der Waals surface area contributed by atoms with Gasteiger partial charge >= 0.3 is 5.97 Å². The minimum atomic E-state index is -3.71. The molecule has 1 aromatic carbocycles. The summed E-state index contributed by atoms with van der Waals surface area (Å²) in [7, 11) is -3.71. The van der Waals surface area contributed by atoms with Crippen LogP contribution in [0.15, 0.2) is 41.8 Å². The summed E-state index contributed by atoms with van der Waals surface area (Å²) in [5.41, 5.74) is -0.0702. The number of carboxylic acids is 1. The highest BCUT2D eigenvalue weighted by Gasteiger charge is 2.17. The zero-order valence-corrected chi connectivity index (χ0v) is 10.1. The quantitative estimate of drug-likeness (QED) is 0.775. The maximum absolute atomic E-state index is 11.8. The smallest absolute Gasteiger partial charge is 0.335 e. The van der Waals surface area contributed by atoms with E-state index >= 15 is 0 Å². The van der Waals surface area contributed by atoms with Crippen molar-refractivity contribution in [3.8, 4) is 0 Å². The van der Waals surface area contributed by atoms with E-state index in [1.54, 1.807) is 6.92 Å². The molecule has 1 rings (SSSR count). The van der Waals surface area contributed by atoms with Gasteiger partial charge in [-0.15, -0.1) is 6.58 Å². The SMILES string of the molecule is C=CC(C)NS(=O)(=O)c1cccc(C(=O)O)c1. The van der Waals surface area contributed by atoms with Gasteiger partial charge in [-0.3, -0.25) is 0 Å². The fourth-order valence-electron chi connectivity index (χ4n) is 1.16. The van der Waals surface area contributed by atoms with Crippen molar-refractivity contribution in [1.29, 1.82) is 0 Å². The van der Waals surface area contributed by atoms with Crippen LogP contribution in [-0.2, 0) is 10.0 Å². The molecule has 0 aromatic heterocycles. The molecule has 1 unspecified atom stereocenters. The molecule has 1 atom stereocenters. The molecule has 92 valence electrons. The van der Waals surface area contributed by atoms with Gasteiger partial charge in [-0.2, -0.15) is 0 Å². The molecule has 17 heavy (non-hydrogen) atoms. The number of benzene rings is 1. The first-order valence-corrected chi connectivity index (χ1v) is 6.33. The molecule has 0 heterocycles. The summed E-state index contributed by atoms with van der Waals surface area (Å²) in [4.78, 5) is 10.6. The van der Waals surface area contributed by atoms with Crippen LogP contribution in [0.5, 0.6) is 0 Å². The van der Waals surface area contributed by atoms with E-state index in [0.717, 1.165) is 6.07 Å². The third-order valence-electron chi connectivity index (χ3n) is 2.09. The van der Waals surface area contributed by atoms with Crippen molar-refractivity contribution in [2.75, 3.05) is 0 Å². The van der Waals surface area contributed by atoms with Crippen molar-refractivity contribution < 1.29 is 18.3 Å². The first-order chi connectivity index (χ1) is 7.86. The van der Waals surface area contributed by atoms with Crippen LogP contribution >= 0.6 is 0 Å². The van der Waals surface area contributed by atoms with Gasteiger partial charge in [0.15, 0.2) is 0 Å². The van der Waals surface area contributed by atoms with E-state index in [1.165, 1.54) is 24.3 Å². The molecule has 5 nitrogen and oxygen atoms in total. The van der Waals surface area contributed by atoms with E-state index in [9.17, 15) is 13.2 Å². The molecular weight excluding hydrogens is 242 g/mol. The Hall–Kier alpha value is -1.66. The van der Waals surface area contributed by atoms with Crippen LogP contribution in [0.2, 0.25) is 0 Å². The first kappa shape index (κ1) is 13.4. The molecule has 2 N–H and O–H groups in total. The Morgan fingerprint density at radius 1 is 1.53 bits per heavy atom. The van der Waals surface area contributed by atoms with Gasteiger partial charge in [0, 0.05) is 6.04 Å². The van der Waals surface area contributed by atoms with Crippen molar-refractivity contribution in [3.05, 3.63) is 42.5 Å². The average molecular weight is 255 g/mol. The molecule has 0 fully saturated rings. The summed E-state index contributed by atoms with van der Waals surface area (Å²) >= 11 is 0. The molecule has 0 radical (unpaired) electrons. The second-order valence-corrected chi connectivity index (χ2v) is 5.19. The first-order valence-electron chi connectivity index (χ1n) is 4.85. The van der Waals surface area contributed by atoms with Crippen LogP contribution in [0, 0.1) is 0 Å². The van der Waals surface area contributed by atoms with Crippen molar-refractivity contribution in [2.24, 2.45) is 0 Å². The Morgan fingerprint density at radius 2 is 2.18 bits per heavy atom. The number of carboxylic acid groups (broad SMARTS) is 1. The Kier molecular flexibility index (Phi) is 4.03. The number of rotatable bonds is 5. The lowest BCUT2D eigenvalue weighted by Crippen LogP contribution is -2.31. The van der Waals surface area contributed by atoms with Crippen molar-refractivity contribution in [3.63, 3.8) is 0 Å². The molecule has 0 aliphatic rings. The number of nitrogens with one attached hydrogen (secondary N) is 1. The van der Waals surface area contributed by atoms with Gasteiger partial charge in [0.2, 0.25) is 10.0 Å². The van der Waals surface area contributed by atoms with Gasteiger partial charge in [0.05, 0.1) is 10.5 Å². The lowest BCUT2D eigenvalue weighted by atomic mass is 10.2. The van der Waals surface area contributed by atoms with Crippen LogP contribution in [0.25, 0.3) is 0 Å². The van der Waals surface area contributed by atoms with Gasteiger partial charge < -0.3 is 5.11 Å². The van der Waals surface area contributed by atoms with Gasteiger partial charge in [-0.05, 0) is 25.1 Å². The maximum atomic E-state index is 11.8. The fourth-order valence-corrected chi connectivity index (χ4v) is 2.42. The zero-order valence-electron chi connectivity index (χ0n) is 9.25. The summed E-state index contributed by atoms with van der Waals surface area (Å²) in [6.45, 7) is 5.09. The molecule has 0 aliphatic heterocycles. The molecule has 0 amide bonds. The summed E-state index contributed by atoms with van der Waals surface area (Å²) < 4.78 is 26.0. The Balaban J connectivity index is 3.11. The standard InChI is InChI=1S/C11H13NO4S/c1-3-8(2)12-17(15,16)10-6-4-5-9(7-10)11(13)14/h3-8,12H,1H2,2H3,(H,13,14). The zero-order chi connectivity index (χ0) is 13.1. The van der Waals surface area contributed by atoms with Gasteiger partial charge in [-0.25, -0.2) is 17.9 Å². The van der Waals surface area contributed by atoms with E-state index in [0.29, 0.717) is 0 Å². The summed E-state index contributed by atoms with van der Waals surface area (Å²) in [5.74, 6) is -1.17. The van der Waals surface area contributed by atoms with Crippen LogP contribution in [0.1, 0.15) is 17.3 Å². The molecule has 0 saturated heterocycles. The lowest BCUT2D eigenvalue weighted by molar-refractivity contribution is 0.0696. The Bertz CT molecular complexity index is 536. The molecule has 0 bridgehead atoms. The summed E-state index contributed by atoms with van der Waals surface area (Å²) in [6.07, 6.45) is 1.44. The van der Waals surface area contributed by atoms with Crippen LogP contribution in [0.4, 0.5) is 0 Å². The molecule has 6 heteroatoms. The fraction of sp³-hybridized carbons (Fsp3) is 0.182. The van der Waals surface area contributed by atoms with E-state index in [1.807, 2.05) is 0 Å². The highest BCUT2D eigenvalue weighted by Crippen LogP contribution is 2.12. The molecule has 0 spiro atoms. The van der Waals surface area contributed by atoms with Crippen molar-refractivity contribution in [2.45, 2.75) is 17.9 Å². The minimum Gasteiger partial charge on any atom is -0.478 e. The Morgan fingerprint density at radius 3 is 2.71 bits per heavy atom. The normalized spacial score (nSPS) is 13.0. The van der Waals surface area contributed by atoms with E-state index < -0.39 is 22.0 Å². The highest BCUT2D eigenvalue weighted by atomic mass is 32.2. The van der Waals surface area contributed by atoms with Crippen LogP contribution in [0.3, 0.4) is 0 Å². The van der Waals surface area contributed by atoms with E-state index in [2.05, 4.69) is 11.3 Å². The molecular formula is C11H13NO4S. The predicted octanol–water partition coefficient (Wildman–Crippen LogP) is 1.24. The van der Waals surface area contributed by atoms with Crippen molar-refractivity contribution >= 4 is 16.0 Å². The third-order valence-corrected chi connectivity index (χ3v) is 3.64. The van der Waals surface area contributed by atoms with Gasteiger partial charge in [-0.1, -0.05) is 12.1 Å². The minimum absolute atomic E-state index is 0.0702. The topological polar surface area (TPSA) is 83.5 Å². The highest BCUT2D eigenvalue weighted by molar-refractivity contribution is 7.89. The number of carbonyl (C=O) groups is 1.